The molecule has 2 N–H and O–H groups in total. The first-order chi connectivity index (χ1) is 12.9. The average Bonchev–Trinajstić information content (AvgIpc) is 2.94. The number of carbonyl (C=O) groups is 2. The van der Waals surface area contributed by atoms with E-state index in [1.807, 2.05) is 36.1 Å². The van der Waals surface area contributed by atoms with Gasteiger partial charge >= 0.3 is 11.9 Å². The lowest BCUT2D eigenvalue weighted by molar-refractivity contribution is -0.144. The van der Waals surface area contributed by atoms with E-state index in [1.54, 1.807) is 10.8 Å². The number of para-hydroxylation sites is 1. The van der Waals surface area contributed by atoms with Gasteiger partial charge in [-0.25, -0.2) is 0 Å². The molecule has 1 unspecified atom stereocenters. The number of aliphatic carboxylic acids is 2. The number of nitrogens with zero attached hydrogens (tertiary/aromatic N) is 3. The van der Waals surface area contributed by atoms with Crippen molar-refractivity contribution in [2.75, 3.05) is 32.7 Å². The van der Waals surface area contributed by atoms with Crippen LogP contribution in [0.3, 0.4) is 0 Å². The molecule has 0 bridgehead atoms. The second-order valence-electron chi connectivity index (χ2n) is 7.13. The smallest absolute Gasteiger partial charge is 0.325 e. The summed E-state index contributed by atoms with van der Waals surface area (Å²) in [7, 11) is 0. The molecule has 7 heteroatoms. The van der Waals surface area contributed by atoms with E-state index in [1.165, 1.54) is 0 Å². The molecule has 0 radical (unpaired) electrons. The highest BCUT2D eigenvalue weighted by molar-refractivity contribution is 5.90. The Morgan fingerprint density at radius 2 is 1.78 bits per heavy atom. The zero-order chi connectivity index (χ0) is 19.6. The van der Waals surface area contributed by atoms with Crippen molar-refractivity contribution in [2.24, 2.45) is 0 Å². The van der Waals surface area contributed by atoms with E-state index in [0.717, 1.165) is 36.1 Å². The summed E-state index contributed by atoms with van der Waals surface area (Å²) < 4.78 is 1.61. The van der Waals surface area contributed by atoms with Gasteiger partial charge in [-0.05, 0) is 13.0 Å². The Morgan fingerprint density at radius 3 is 2.37 bits per heavy atom. The molecule has 2 heterocycles. The molecule has 0 spiro atoms. The summed E-state index contributed by atoms with van der Waals surface area (Å²) in [4.78, 5) is 27.6. The van der Waals surface area contributed by atoms with Crippen LogP contribution in [-0.4, -0.2) is 69.2 Å². The maximum atomic E-state index is 12.1. The highest BCUT2D eigenvalue weighted by Gasteiger charge is 2.32. The fourth-order valence-electron chi connectivity index (χ4n) is 3.82. The van der Waals surface area contributed by atoms with Gasteiger partial charge in [0.2, 0.25) is 0 Å². The van der Waals surface area contributed by atoms with E-state index in [4.69, 9.17) is 0 Å². The molecule has 1 fully saturated rings. The van der Waals surface area contributed by atoms with E-state index < -0.39 is 18.0 Å². The number of fused-ring (bicyclic) bond motifs is 1. The van der Waals surface area contributed by atoms with Crippen LogP contribution < -0.4 is 0 Å². The van der Waals surface area contributed by atoms with Gasteiger partial charge in [-0.2, -0.15) is 0 Å². The molecule has 0 saturated carbocycles. The SMILES string of the molecule is C=C(C)CN1CCN(C(C(=O)O)c2cn(CC(=O)O)c3ccccc23)CC1. The third-order valence-electron chi connectivity index (χ3n) is 4.92. The van der Waals surface area contributed by atoms with Gasteiger partial charge in [0.05, 0.1) is 0 Å². The Kier molecular flexibility index (Phi) is 5.62. The van der Waals surface area contributed by atoms with Gasteiger partial charge in [-0.15, -0.1) is 0 Å². The summed E-state index contributed by atoms with van der Waals surface area (Å²) in [6, 6.07) is 6.57. The molecular formula is C20H25N3O4. The monoisotopic (exact) mass is 371 g/mol. The van der Waals surface area contributed by atoms with E-state index in [-0.39, 0.29) is 6.54 Å². The van der Waals surface area contributed by atoms with Crippen molar-refractivity contribution in [3.05, 3.63) is 48.2 Å². The standard InChI is InChI=1S/C20H25N3O4/c1-14(2)11-21-7-9-22(10-8-21)19(20(26)27)16-12-23(13-18(24)25)17-6-4-3-5-15(16)17/h3-6,12,19H,1,7-11,13H2,2H3,(H,24,25)(H,26,27). The third kappa shape index (κ3) is 4.20. The average molecular weight is 371 g/mol. The quantitative estimate of drug-likeness (QED) is 0.725. The molecule has 1 saturated heterocycles. The molecule has 1 atom stereocenters. The predicted molar refractivity (Wildman–Crippen MR) is 103 cm³/mol. The van der Waals surface area contributed by atoms with Crippen LogP contribution in [0.25, 0.3) is 10.9 Å². The molecule has 1 aliphatic heterocycles. The van der Waals surface area contributed by atoms with E-state index >= 15 is 0 Å². The van der Waals surface area contributed by atoms with Crippen LogP contribution in [0.15, 0.2) is 42.6 Å². The van der Waals surface area contributed by atoms with Crippen molar-refractivity contribution in [2.45, 2.75) is 19.5 Å². The Balaban J connectivity index is 1.91. The normalized spacial score (nSPS) is 17.1. The first-order valence-corrected chi connectivity index (χ1v) is 9.00. The zero-order valence-corrected chi connectivity index (χ0v) is 15.5. The third-order valence-corrected chi connectivity index (χ3v) is 4.92. The van der Waals surface area contributed by atoms with Crippen molar-refractivity contribution in [1.82, 2.24) is 14.4 Å². The maximum Gasteiger partial charge on any atom is 0.325 e. The van der Waals surface area contributed by atoms with E-state index in [0.29, 0.717) is 18.7 Å². The van der Waals surface area contributed by atoms with Crippen LogP contribution in [0.5, 0.6) is 0 Å². The molecule has 1 aromatic heterocycles. The van der Waals surface area contributed by atoms with Gasteiger partial charge in [-0.3, -0.25) is 19.4 Å². The lowest BCUT2D eigenvalue weighted by Gasteiger charge is -2.37. The molecule has 2 aromatic rings. The van der Waals surface area contributed by atoms with Crippen LogP contribution in [0, 0.1) is 0 Å². The molecule has 1 aliphatic rings. The van der Waals surface area contributed by atoms with Crippen LogP contribution in [0.1, 0.15) is 18.5 Å². The number of carboxylic acid groups (broad SMARTS) is 2. The van der Waals surface area contributed by atoms with Crippen molar-refractivity contribution >= 4 is 22.8 Å². The highest BCUT2D eigenvalue weighted by atomic mass is 16.4. The van der Waals surface area contributed by atoms with Crippen LogP contribution >= 0.6 is 0 Å². The largest absolute Gasteiger partial charge is 0.480 e. The summed E-state index contributed by atoms with van der Waals surface area (Å²) in [5, 5.41) is 19.9. The van der Waals surface area contributed by atoms with Crippen molar-refractivity contribution in [3.8, 4) is 0 Å². The number of carboxylic acids is 2. The summed E-state index contributed by atoms with van der Waals surface area (Å²) in [5.41, 5.74) is 2.48. The van der Waals surface area contributed by atoms with Gasteiger partial charge < -0.3 is 14.8 Å². The minimum Gasteiger partial charge on any atom is -0.480 e. The molecule has 144 valence electrons. The fourth-order valence-corrected chi connectivity index (χ4v) is 3.82. The van der Waals surface area contributed by atoms with Crippen molar-refractivity contribution in [1.29, 1.82) is 0 Å². The fraction of sp³-hybridized carbons (Fsp3) is 0.400. The number of piperazine rings is 1. The van der Waals surface area contributed by atoms with Crippen LogP contribution in [0.4, 0.5) is 0 Å². The molecule has 7 nitrogen and oxygen atoms in total. The van der Waals surface area contributed by atoms with Crippen molar-refractivity contribution in [3.63, 3.8) is 0 Å². The molecule has 0 amide bonds. The first-order valence-electron chi connectivity index (χ1n) is 9.00. The molecular weight excluding hydrogens is 346 g/mol. The van der Waals surface area contributed by atoms with Crippen LogP contribution in [-0.2, 0) is 16.1 Å². The number of rotatable bonds is 7. The van der Waals surface area contributed by atoms with Crippen LogP contribution in [0.2, 0.25) is 0 Å². The second-order valence-corrected chi connectivity index (χ2v) is 7.13. The minimum absolute atomic E-state index is 0.195. The Hall–Kier alpha value is -2.64. The number of benzene rings is 1. The Bertz CT molecular complexity index is 865. The topological polar surface area (TPSA) is 86.0 Å². The Morgan fingerprint density at radius 1 is 1.11 bits per heavy atom. The highest BCUT2D eigenvalue weighted by Crippen LogP contribution is 2.31. The summed E-state index contributed by atoms with van der Waals surface area (Å²) in [5.74, 6) is -1.87. The van der Waals surface area contributed by atoms with Gasteiger partial charge in [0, 0.05) is 55.4 Å². The number of aromatic nitrogens is 1. The predicted octanol–water partition coefficient (Wildman–Crippen LogP) is 2.05. The van der Waals surface area contributed by atoms with E-state index in [2.05, 4.69) is 11.5 Å². The summed E-state index contributed by atoms with van der Waals surface area (Å²) >= 11 is 0. The maximum absolute atomic E-state index is 12.1. The van der Waals surface area contributed by atoms with Crippen molar-refractivity contribution < 1.29 is 19.8 Å². The minimum atomic E-state index is -0.956. The molecule has 27 heavy (non-hydrogen) atoms. The lowest BCUT2D eigenvalue weighted by atomic mass is 10.0. The summed E-state index contributed by atoms with van der Waals surface area (Å²) in [6.45, 7) is 9.40. The van der Waals surface area contributed by atoms with Gasteiger partial charge in [0.15, 0.2) is 0 Å². The molecule has 1 aromatic carbocycles. The summed E-state index contributed by atoms with van der Waals surface area (Å²) in [6.07, 6.45) is 1.68. The van der Waals surface area contributed by atoms with Gasteiger partial charge in [0.25, 0.3) is 0 Å². The number of hydrogen-bond donors (Lipinski definition) is 2. The van der Waals surface area contributed by atoms with E-state index in [9.17, 15) is 19.8 Å². The molecule has 0 aliphatic carbocycles. The molecule has 3 rings (SSSR count). The number of hydrogen-bond acceptors (Lipinski definition) is 4. The zero-order valence-electron chi connectivity index (χ0n) is 15.5. The van der Waals surface area contributed by atoms with Gasteiger partial charge in [0.1, 0.15) is 12.6 Å². The van der Waals surface area contributed by atoms with Gasteiger partial charge in [-0.1, -0.05) is 30.4 Å². The first kappa shape index (κ1) is 19.1. The lowest BCUT2D eigenvalue weighted by Crippen LogP contribution is -2.49. The Labute approximate surface area is 158 Å². The second kappa shape index (κ2) is 7.94.